The SMILES string of the molecule is Cc1ccnc(NC(=O)c2cc(Br)ccc2F)c1. The minimum absolute atomic E-state index is 0.0207. The van der Waals surface area contributed by atoms with E-state index in [2.05, 4.69) is 26.2 Å². The fourth-order valence-corrected chi connectivity index (χ4v) is 1.82. The van der Waals surface area contributed by atoms with Crippen LogP contribution in [-0.2, 0) is 0 Å². The minimum Gasteiger partial charge on any atom is -0.306 e. The van der Waals surface area contributed by atoms with Gasteiger partial charge in [-0.3, -0.25) is 4.79 Å². The number of carbonyl (C=O) groups is 1. The van der Waals surface area contributed by atoms with Gasteiger partial charge in [0.15, 0.2) is 0 Å². The number of carbonyl (C=O) groups excluding carboxylic acids is 1. The maximum atomic E-state index is 13.5. The number of pyridine rings is 1. The van der Waals surface area contributed by atoms with E-state index in [-0.39, 0.29) is 5.56 Å². The average Bonchev–Trinajstić information content (AvgIpc) is 2.32. The first-order chi connectivity index (χ1) is 8.56. The minimum atomic E-state index is -0.566. The molecule has 1 amide bonds. The molecule has 0 fully saturated rings. The van der Waals surface area contributed by atoms with Gasteiger partial charge in [-0.1, -0.05) is 15.9 Å². The summed E-state index contributed by atoms with van der Waals surface area (Å²) >= 11 is 3.20. The lowest BCUT2D eigenvalue weighted by Gasteiger charge is -2.06. The van der Waals surface area contributed by atoms with Gasteiger partial charge in [0, 0.05) is 10.7 Å². The second kappa shape index (κ2) is 5.27. The predicted molar refractivity (Wildman–Crippen MR) is 71.0 cm³/mol. The molecule has 0 radical (unpaired) electrons. The van der Waals surface area contributed by atoms with Gasteiger partial charge in [0.1, 0.15) is 11.6 Å². The lowest BCUT2D eigenvalue weighted by atomic mass is 10.2. The summed E-state index contributed by atoms with van der Waals surface area (Å²) in [6.07, 6.45) is 1.59. The summed E-state index contributed by atoms with van der Waals surface area (Å²) in [6.45, 7) is 1.89. The number of aromatic nitrogens is 1. The summed E-state index contributed by atoms with van der Waals surface area (Å²) in [6, 6.07) is 7.74. The van der Waals surface area contributed by atoms with Crippen LogP contribution < -0.4 is 5.32 Å². The number of nitrogens with one attached hydrogen (secondary N) is 1. The fourth-order valence-electron chi connectivity index (χ4n) is 1.46. The molecule has 92 valence electrons. The fraction of sp³-hybridized carbons (Fsp3) is 0.0769. The Balaban J connectivity index is 2.24. The quantitative estimate of drug-likeness (QED) is 0.922. The van der Waals surface area contributed by atoms with Gasteiger partial charge >= 0.3 is 0 Å². The van der Waals surface area contributed by atoms with Crippen LogP contribution in [0.4, 0.5) is 10.2 Å². The Morgan fingerprint density at radius 1 is 1.33 bits per heavy atom. The molecule has 0 saturated carbocycles. The van der Waals surface area contributed by atoms with Crippen molar-refractivity contribution in [2.75, 3.05) is 5.32 Å². The normalized spacial score (nSPS) is 10.2. The third-order valence-electron chi connectivity index (χ3n) is 2.33. The van der Waals surface area contributed by atoms with E-state index in [1.807, 2.05) is 13.0 Å². The number of rotatable bonds is 2. The van der Waals surface area contributed by atoms with Crippen LogP contribution in [-0.4, -0.2) is 10.9 Å². The zero-order chi connectivity index (χ0) is 13.1. The van der Waals surface area contributed by atoms with Crippen molar-refractivity contribution in [2.45, 2.75) is 6.92 Å². The zero-order valence-electron chi connectivity index (χ0n) is 9.58. The first-order valence-corrected chi connectivity index (χ1v) is 6.04. The molecule has 0 unspecified atom stereocenters. The lowest BCUT2D eigenvalue weighted by Crippen LogP contribution is -2.14. The number of nitrogens with zero attached hydrogens (tertiary/aromatic N) is 1. The highest BCUT2D eigenvalue weighted by Crippen LogP contribution is 2.17. The highest BCUT2D eigenvalue weighted by molar-refractivity contribution is 9.10. The Morgan fingerprint density at radius 3 is 2.83 bits per heavy atom. The molecule has 2 rings (SSSR count). The highest BCUT2D eigenvalue weighted by atomic mass is 79.9. The summed E-state index contributed by atoms with van der Waals surface area (Å²) in [5.74, 6) is -0.686. The topological polar surface area (TPSA) is 42.0 Å². The van der Waals surface area contributed by atoms with Crippen LogP contribution in [0, 0.1) is 12.7 Å². The van der Waals surface area contributed by atoms with Gasteiger partial charge in [-0.15, -0.1) is 0 Å². The average molecular weight is 309 g/mol. The Hall–Kier alpha value is -1.75. The third-order valence-corrected chi connectivity index (χ3v) is 2.82. The monoisotopic (exact) mass is 308 g/mol. The van der Waals surface area contributed by atoms with Crippen molar-refractivity contribution >= 4 is 27.7 Å². The Morgan fingerprint density at radius 2 is 2.11 bits per heavy atom. The van der Waals surface area contributed by atoms with E-state index in [4.69, 9.17) is 0 Å². The van der Waals surface area contributed by atoms with Crippen LogP contribution in [0.5, 0.6) is 0 Å². The molecule has 0 aliphatic carbocycles. The van der Waals surface area contributed by atoms with Crippen molar-refractivity contribution in [1.29, 1.82) is 0 Å². The molecule has 5 heteroatoms. The maximum absolute atomic E-state index is 13.5. The zero-order valence-corrected chi connectivity index (χ0v) is 11.2. The second-order valence-electron chi connectivity index (χ2n) is 3.80. The number of aryl methyl sites for hydroxylation is 1. The largest absolute Gasteiger partial charge is 0.306 e. The van der Waals surface area contributed by atoms with Crippen molar-refractivity contribution in [1.82, 2.24) is 4.98 Å². The molecule has 18 heavy (non-hydrogen) atoms. The Kier molecular flexibility index (Phi) is 3.72. The second-order valence-corrected chi connectivity index (χ2v) is 4.71. The smallest absolute Gasteiger partial charge is 0.259 e. The van der Waals surface area contributed by atoms with E-state index in [0.717, 1.165) is 5.56 Å². The molecule has 1 N–H and O–H groups in total. The first-order valence-electron chi connectivity index (χ1n) is 5.25. The number of halogens is 2. The van der Waals surface area contributed by atoms with E-state index in [0.29, 0.717) is 10.3 Å². The van der Waals surface area contributed by atoms with Crippen molar-refractivity contribution in [3.8, 4) is 0 Å². The Bertz CT molecular complexity index is 601. The van der Waals surface area contributed by atoms with Gasteiger partial charge in [0.2, 0.25) is 0 Å². The van der Waals surface area contributed by atoms with Crippen LogP contribution in [0.1, 0.15) is 15.9 Å². The van der Waals surface area contributed by atoms with E-state index in [1.165, 1.54) is 18.2 Å². The van der Waals surface area contributed by atoms with E-state index in [9.17, 15) is 9.18 Å². The van der Waals surface area contributed by atoms with Gasteiger partial charge in [0.05, 0.1) is 5.56 Å². The van der Waals surface area contributed by atoms with Crippen LogP contribution in [0.15, 0.2) is 41.0 Å². The molecular weight excluding hydrogens is 299 g/mol. The van der Waals surface area contributed by atoms with Gasteiger partial charge in [-0.2, -0.15) is 0 Å². The maximum Gasteiger partial charge on any atom is 0.259 e. The van der Waals surface area contributed by atoms with E-state index >= 15 is 0 Å². The number of hydrogen-bond acceptors (Lipinski definition) is 2. The predicted octanol–water partition coefficient (Wildman–Crippen LogP) is 3.54. The summed E-state index contributed by atoms with van der Waals surface area (Å²) in [5.41, 5.74) is 0.947. The standard InChI is InChI=1S/C13H10BrFN2O/c1-8-4-5-16-12(6-8)17-13(18)10-7-9(14)2-3-11(10)15/h2-7H,1H3,(H,16,17,18). The number of hydrogen-bond donors (Lipinski definition) is 1. The molecule has 0 spiro atoms. The summed E-state index contributed by atoms with van der Waals surface area (Å²) in [5, 5.41) is 2.56. The van der Waals surface area contributed by atoms with Crippen molar-refractivity contribution in [2.24, 2.45) is 0 Å². The van der Waals surface area contributed by atoms with Gasteiger partial charge in [0.25, 0.3) is 5.91 Å². The molecule has 1 heterocycles. The van der Waals surface area contributed by atoms with Gasteiger partial charge < -0.3 is 5.32 Å². The van der Waals surface area contributed by atoms with Crippen LogP contribution in [0.3, 0.4) is 0 Å². The van der Waals surface area contributed by atoms with Gasteiger partial charge in [-0.05, 0) is 42.8 Å². The third kappa shape index (κ3) is 2.92. The van der Waals surface area contributed by atoms with Crippen molar-refractivity contribution < 1.29 is 9.18 Å². The Labute approximate surface area is 112 Å². The molecule has 0 aliphatic heterocycles. The summed E-state index contributed by atoms with van der Waals surface area (Å²) < 4.78 is 14.1. The first kappa shape index (κ1) is 12.7. The van der Waals surface area contributed by atoms with Crippen molar-refractivity contribution in [3.63, 3.8) is 0 Å². The molecule has 1 aromatic heterocycles. The molecule has 0 bridgehead atoms. The van der Waals surface area contributed by atoms with Crippen LogP contribution in [0.25, 0.3) is 0 Å². The summed E-state index contributed by atoms with van der Waals surface area (Å²) in [4.78, 5) is 15.9. The van der Waals surface area contributed by atoms with Gasteiger partial charge in [-0.25, -0.2) is 9.37 Å². The molecule has 1 aromatic carbocycles. The summed E-state index contributed by atoms with van der Waals surface area (Å²) in [7, 11) is 0. The molecule has 3 nitrogen and oxygen atoms in total. The van der Waals surface area contributed by atoms with Crippen molar-refractivity contribution in [3.05, 3.63) is 57.9 Å². The van der Waals surface area contributed by atoms with Crippen LogP contribution >= 0.6 is 15.9 Å². The van der Waals surface area contributed by atoms with E-state index < -0.39 is 11.7 Å². The number of benzene rings is 1. The number of anilines is 1. The lowest BCUT2D eigenvalue weighted by molar-refractivity contribution is 0.102. The molecular formula is C13H10BrFN2O. The highest BCUT2D eigenvalue weighted by Gasteiger charge is 2.12. The van der Waals surface area contributed by atoms with Crippen LogP contribution in [0.2, 0.25) is 0 Å². The number of amides is 1. The molecule has 0 atom stereocenters. The van der Waals surface area contributed by atoms with E-state index in [1.54, 1.807) is 12.3 Å². The molecule has 0 aliphatic rings. The molecule has 2 aromatic rings. The molecule has 0 saturated heterocycles.